The van der Waals surface area contributed by atoms with E-state index in [1.807, 2.05) is 0 Å². The fourth-order valence-corrected chi connectivity index (χ4v) is 3.49. The summed E-state index contributed by atoms with van der Waals surface area (Å²) in [5, 5.41) is -1.04. The van der Waals surface area contributed by atoms with Gasteiger partial charge in [-0.05, 0) is 6.08 Å². The van der Waals surface area contributed by atoms with E-state index in [0.717, 1.165) is 21.3 Å². The smallest absolute Gasteiger partial charge is 0.472 e. The molecule has 0 aromatic heterocycles. The molecule has 7 nitrogen and oxygen atoms in total. The predicted molar refractivity (Wildman–Crippen MR) is 58.2 cm³/mol. The Hall–Kier alpha value is -1.96. The van der Waals surface area contributed by atoms with E-state index in [4.69, 9.17) is 0 Å². The lowest BCUT2D eigenvalue weighted by molar-refractivity contribution is -0.108. The highest BCUT2D eigenvalue weighted by Gasteiger charge is 2.67. The Kier molecular flexibility index (Phi) is 5.26. The molecule has 0 aliphatic carbocycles. The molecule has 17 heavy (non-hydrogen) atoms. The van der Waals surface area contributed by atoms with Crippen molar-refractivity contribution >= 4 is 30.3 Å². The minimum atomic E-state index is -4.55. The van der Waals surface area contributed by atoms with Crippen LogP contribution in [0.1, 0.15) is 0 Å². The number of carbonyl (C=O) groups excluding carboxylic acids is 4. The average molecular weight is 260 g/mol. The number of rotatable bonds is 5. The molecule has 0 aliphatic heterocycles. The first-order chi connectivity index (χ1) is 7.93. The molecule has 0 spiro atoms. The van der Waals surface area contributed by atoms with Crippen LogP contribution in [0.3, 0.4) is 0 Å². The van der Waals surface area contributed by atoms with Crippen LogP contribution in [0.5, 0.6) is 0 Å². The zero-order chi connectivity index (χ0) is 13.6. The van der Waals surface area contributed by atoms with Gasteiger partial charge in [-0.15, -0.1) is 0 Å². The van der Waals surface area contributed by atoms with Crippen molar-refractivity contribution in [3.8, 4) is 0 Å². The van der Waals surface area contributed by atoms with Crippen LogP contribution in [0.25, 0.3) is 0 Å². The number of ether oxygens (including phenoxy) is 3. The van der Waals surface area contributed by atoms with E-state index in [2.05, 4.69) is 20.8 Å². The molecule has 0 N–H and O–H groups in total. The zero-order valence-electron chi connectivity index (χ0n) is 9.64. The number of hydrogen-bond donors (Lipinski definition) is 0. The largest absolute Gasteiger partial charge is 0.501 e. The Morgan fingerprint density at radius 2 is 1.18 bits per heavy atom. The molecule has 0 amide bonds. The van der Waals surface area contributed by atoms with Gasteiger partial charge in [-0.25, -0.2) is 0 Å². The molecule has 94 valence electrons. The van der Waals surface area contributed by atoms with Crippen molar-refractivity contribution in [2.24, 2.45) is 0 Å². The summed E-state index contributed by atoms with van der Waals surface area (Å²) < 4.78 is 13.0. The molecule has 0 bridgehead atoms. The van der Waals surface area contributed by atoms with Crippen LogP contribution in [0.15, 0.2) is 12.7 Å². The first kappa shape index (κ1) is 15.0. The topological polar surface area (TPSA) is 96.0 Å². The van der Waals surface area contributed by atoms with Gasteiger partial charge in [0.15, 0.2) is 5.41 Å². The van der Waals surface area contributed by atoms with Crippen LogP contribution in [0.4, 0.5) is 14.4 Å². The molecule has 0 unspecified atom stereocenters. The molecule has 0 aliphatic rings. The Labute approximate surface area is 98.3 Å². The minimum absolute atomic E-state index is 0.705. The maximum Gasteiger partial charge on any atom is 0.501 e. The van der Waals surface area contributed by atoms with E-state index in [1.54, 1.807) is 0 Å². The normalized spacial score (nSPS) is 10.1. The second-order valence-electron chi connectivity index (χ2n) is 2.79. The molecule has 0 aromatic rings. The second-order valence-corrected chi connectivity index (χ2v) is 6.01. The number of allylic oxidation sites excluding steroid dienone is 1. The van der Waals surface area contributed by atoms with Crippen LogP contribution in [0.2, 0.25) is 0 Å². The Morgan fingerprint density at radius 1 is 0.882 bits per heavy atom. The van der Waals surface area contributed by atoms with E-state index in [9.17, 15) is 19.2 Å². The lowest BCUT2D eigenvalue weighted by atomic mass is 10.7. The summed E-state index contributed by atoms with van der Waals surface area (Å²) in [6.45, 7) is 3.14. The summed E-state index contributed by atoms with van der Waals surface area (Å²) >= 11 is 0. The van der Waals surface area contributed by atoms with Gasteiger partial charge < -0.3 is 14.2 Å². The first-order valence-electron chi connectivity index (χ1n) is 4.35. The molecular weight excluding hydrogens is 248 g/mol. The highest BCUT2D eigenvalue weighted by molar-refractivity contribution is 7.53. The van der Waals surface area contributed by atoms with Crippen molar-refractivity contribution in [3.05, 3.63) is 12.7 Å². The molecule has 0 aromatic carbocycles. The summed E-state index contributed by atoms with van der Waals surface area (Å²) in [4.78, 5) is 46.5. The van der Waals surface area contributed by atoms with Crippen LogP contribution in [0, 0.1) is 0 Å². The second kappa shape index (κ2) is 5.94. The molecular formula is C9H12O7Si. The minimum Gasteiger partial charge on any atom is -0.472 e. The highest BCUT2D eigenvalue weighted by atomic mass is 28.3. The molecule has 0 radical (unpaired) electrons. The van der Waals surface area contributed by atoms with Gasteiger partial charge in [0.05, 0.1) is 21.3 Å². The molecule has 0 fully saturated rings. The summed E-state index contributed by atoms with van der Waals surface area (Å²) in [5.74, 6) is 0. The van der Waals surface area contributed by atoms with E-state index in [1.165, 1.54) is 0 Å². The zero-order valence-corrected chi connectivity index (χ0v) is 10.6. The third kappa shape index (κ3) is 2.25. The third-order valence-electron chi connectivity index (χ3n) is 2.03. The van der Waals surface area contributed by atoms with Gasteiger partial charge in [-0.2, -0.15) is 0 Å². The molecule has 8 heteroatoms. The van der Waals surface area contributed by atoms with E-state index in [0.29, 0.717) is 6.08 Å². The summed E-state index contributed by atoms with van der Waals surface area (Å²) in [6.07, 6.45) is 0.705. The van der Waals surface area contributed by atoms with E-state index < -0.39 is 30.3 Å². The Balaban J connectivity index is 5.97. The van der Waals surface area contributed by atoms with Crippen molar-refractivity contribution in [1.82, 2.24) is 0 Å². The standard InChI is InChI=1S/C9H12O7Si/c1-5-6(10)17(7(11)14-2,8(12)15-3)9(13)16-4/h5H,1H2,2-4H3. The van der Waals surface area contributed by atoms with Crippen molar-refractivity contribution in [2.75, 3.05) is 21.3 Å². The quantitative estimate of drug-likeness (QED) is 0.409. The molecule has 0 saturated carbocycles. The Bertz CT molecular complexity index is 333. The van der Waals surface area contributed by atoms with Gasteiger partial charge in [0.1, 0.15) is 0 Å². The lowest BCUT2D eigenvalue weighted by Crippen LogP contribution is -2.65. The van der Waals surface area contributed by atoms with Crippen LogP contribution < -0.4 is 0 Å². The predicted octanol–water partition coefficient (Wildman–Crippen LogP) is 0.774. The van der Waals surface area contributed by atoms with Crippen molar-refractivity contribution < 1.29 is 33.4 Å². The Morgan fingerprint density at radius 3 is 1.35 bits per heavy atom. The van der Waals surface area contributed by atoms with Gasteiger partial charge in [0.25, 0.3) is 0 Å². The summed E-state index contributed by atoms with van der Waals surface area (Å²) in [7, 11) is -1.70. The van der Waals surface area contributed by atoms with E-state index >= 15 is 0 Å². The summed E-state index contributed by atoms with van der Waals surface area (Å²) in [5.41, 5.74) is -3.75. The van der Waals surface area contributed by atoms with Gasteiger partial charge in [-0.3, -0.25) is 19.2 Å². The van der Waals surface area contributed by atoms with Crippen molar-refractivity contribution in [3.63, 3.8) is 0 Å². The maximum atomic E-state index is 11.7. The fraction of sp³-hybridized carbons (Fsp3) is 0.333. The highest BCUT2D eigenvalue weighted by Crippen LogP contribution is 2.16. The summed E-state index contributed by atoms with van der Waals surface area (Å²) in [6, 6.07) is 0. The molecule has 0 rings (SSSR count). The average Bonchev–Trinajstić information content (AvgIpc) is 2.37. The monoisotopic (exact) mass is 260 g/mol. The SMILES string of the molecule is C=CC(=O)[Si](C(=O)OC)(C(=O)OC)C(=O)OC. The van der Waals surface area contributed by atoms with Gasteiger partial charge in [0.2, 0.25) is 0 Å². The molecule has 0 atom stereocenters. The van der Waals surface area contributed by atoms with Gasteiger partial charge in [0, 0.05) is 0 Å². The number of hydrogen-bond acceptors (Lipinski definition) is 7. The van der Waals surface area contributed by atoms with Gasteiger partial charge >= 0.3 is 24.9 Å². The first-order valence-corrected chi connectivity index (χ1v) is 6.35. The van der Waals surface area contributed by atoms with Gasteiger partial charge in [-0.1, -0.05) is 6.58 Å². The lowest BCUT2D eigenvalue weighted by Gasteiger charge is -2.19. The maximum absolute atomic E-state index is 11.7. The van der Waals surface area contributed by atoms with E-state index in [-0.39, 0.29) is 0 Å². The van der Waals surface area contributed by atoms with Crippen molar-refractivity contribution in [1.29, 1.82) is 0 Å². The molecule has 0 heterocycles. The third-order valence-corrected chi connectivity index (χ3v) is 5.42. The fourth-order valence-electron chi connectivity index (χ4n) is 1.16. The number of carbonyl (C=O) groups is 4. The van der Waals surface area contributed by atoms with Crippen LogP contribution in [-0.2, 0) is 19.0 Å². The van der Waals surface area contributed by atoms with Crippen molar-refractivity contribution in [2.45, 2.75) is 0 Å². The van der Waals surface area contributed by atoms with Crippen LogP contribution in [-0.4, -0.2) is 51.6 Å². The van der Waals surface area contributed by atoms with Crippen LogP contribution >= 0.6 is 0 Å². The number of methoxy groups -OCH3 is 3. The molecule has 0 saturated heterocycles.